The van der Waals surface area contributed by atoms with Gasteiger partial charge in [0.2, 0.25) is 0 Å². The highest BCUT2D eigenvalue weighted by Gasteiger charge is 2.11. The van der Waals surface area contributed by atoms with Gasteiger partial charge in [0.1, 0.15) is 0 Å². The molecular formula is C9H16N4S2. The number of hydrazone groups is 1. The van der Waals surface area contributed by atoms with Crippen molar-refractivity contribution in [1.82, 2.24) is 5.43 Å². The Labute approximate surface area is 98.1 Å². The number of amidine groups is 1. The van der Waals surface area contributed by atoms with Crippen molar-refractivity contribution >= 4 is 28.9 Å². The molecule has 0 spiro atoms. The standard InChI is InChI=1S/C9H16N4S2/c1-6-5-7(9(12-10)13-11)8(15-6)3-4-14-2/h5H,3-4,10-11H2,1-2H3,(H,12,13). The van der Waals surface area contributed by atoms with E-state index in [2.05, 4.69) is 29.8 Å². The SMILES string of the molecule is CSCCc1sc(C)cc1/C(=N/N)NN. The van der Waals surface area contributed by atoms with Gasteiger partial charge in [0, 0.05) is 15.3 Å². The molecule has 0 fully saturated rings. The zero-order chi connectivity index (χ0) is 11.3. The van der Waals surface area contributed by atoms with Crippen molar-refractivity contribution in [3.8, 4) is 0 Å². The molecule has 1 rings (SSSR count). The molecule has 0 saturated carbocycles. The fraction of sp³-hybridized carbons (Fsp3) is 0.444. The molecule has 5 N–H and O–H groups in total. The van der Waals surface area contributed by atoms with Crippen molar-refractivity contribution in [3.05, 3.63) is 21.4 Å². The van der Waals surface area contributed by atoms with E-state index in [1.807, 2.05) is 11.8 Å². The summed E-state index contributed by atoms with van der Waals surface area (Å²) in [5.74, 6) is 12.3. The quantitative estimate of drug-likeness (QED) is 0.320. The van der Waals surface area contributed by atoms with Crippen LogP contribution in [0.2, 0.25) is 0 Å². The lowest BCUT2D eigenvalue weighted by atomic mass is 10.2. The maximum absolute atomic E-state index is 5.36. The number of hydrazine groups is 1. The highest BCUT2D eigenvalue weighted by molar-refractivity contribution is 7.98. The van der Waals surface area contributed by atoms with Crippen molar-refractivity contribution < 1.29 is 0 Å². The van der Waals surface area contributed by atoms with Gasteiger partial charge in [0.25, 0.3) is 0 Å². The summed E-state index contributed by atoms with van der Waals surface area (Å²) in [6, 6.07) is 2.06. The van der Waals surface area contributed by atoms with Gasteiger partial charge in [-0.25, -0.2) is 5.84 Å². The molecule has 0 atom stereocenters. The van der Waals surface area contributed by atoms with Crippen LogP contribution in [0.3, 0.4) is 0 Å². The van der Waals surface area contributed by atoms with Crippen molar-refractivity contribution in [1.29, 1.82) is 0 Å². The van der Waals surface area contributed by atoms with Crippen molar-refractivity contribution in [2.75, 3.05) is 12.0 Å². The second-order valence-electron chi connectivity index (χ2n) is 3.06. The van der Waals surface area contributed by atoms with Crippen LogP contribution in [0.5, 0.6) is 0 Å². The minimum Gasteiger partial charge on any atom is -0.321 e. The zero-order valence-corrected chi connectivity index (χ0v) is 10.5. The smallest absolute Gasteiger partial charge is 0.167 e. The fourth-order valence-corrected chi connectivity index (χ4v) is 2.90. The van der Waals surface area contributed by atoms with E-state index in [9.17, 15) is 0 Å². The lowest BCUT2D eigenvalue weighted by Crippen LogP contribution is -2.32. The molecule has 0 bridgehead atoms. The number of hydrogen-bond acceptors (Lipinski definition) is 5. The Bertz CT molecular complexity index is 346. The van der Waals surface area contributed by atoms with E-state index < -0.39 is 0 Å². The third-order valence-electron chi connectivity index (χ3n) is 1.99. The zero-order valence-electron chi connectivity index (χ0n) is 8.91. The fourth-order valence-electron chi connectivity index (χ4n) is 1.33. The van der Waals surface area contributed by atoms with Crippen LogP contribution >= 0.6 is 23.1 Å². The van der Waals surface area contributed by atoms with Crippen LogP contribution in [0.4, 0.5) is 0 Å². The Morgan fingerprint density at radius 2 is 2.40 bits per heavy atom. The topological polar surface area (TPSA) is 76.4 Å². The lowest BCUT2D eigenvalue weighted by molar-refractivity contribution is 1.000. The predicted molar refractivity (Wildman–Crippen MR) is 69.2 cm³/mol. The molecule has 0 aromatic carbocycles. The van der Waals surface area contributed by atoms with Crippen LogP contribution in [0.15, 0.2) is 11.2 Å². The van der Waals surface area contributed by atoms with Gasteiger partial charge >= 0.3 is 0 Å². The predicted octanol–water partition coefficient (Wildman–Crippen LogP) is 1.05. The second-order valence-corrected chi connectivity index (χ2v) is 5.39. The molecule has 0 aliphatic heterocycles. The van der Waals surface area contributed by atoms with Crippen LogP contribution in [0, 0.1) is 6.92 Å². The van der Waals surface area contributed by atoms with E-state index in [1.54, 1.807) is 11.3 Å². The van der Waals surface area contributed by atoms with E-state index >= 15 is 0 Å². The van der Waals surface area contributed by atoms with E-state index in [4.69, 9.17) is 11.7 Å². The van der Waals surface area contributed by atoms with Crippen LogP contribution in [0.1, 0.15) is 15.3 Å². The number of nitrogens with two attached hydrogens (primary N) is 2. The first-order chi connectivity index (χ1) is 7.22. The van der Waals surface area contributed by atoms with E-state index in [-0.39, 0.29) is 0 Å². The summed E-state index contributed by atoms with van der Waals surface area (Å²) < 4.78 is 0. The van der Waals surface area contributed by atoms with E-state index in [1.165, 1.54) is 9.75 Å². The highest BCUT2D eigenvalue weighted by atomic mass is 32.2. The molecule has 4 nitrogen and oxygen atoms in total. The van der Waals surface area contributed by atoms with Gasteiger partial charge in [-0.1, -0.05) is 0 Å². The van der Waals surface area contributed by atoms with Gasteiger partial charge in [-0.15, -0.1) is 11.3 Å². The molecule has 1 aromatic heterocycles. The summed E-state index contributed by atoms with van der Waals surface area (Å²) in [5.41, 5.74) is 3.55. The Kier molecular flexibility index (Phi) is 4.93. The van der Waals surface area contributed by atoms with E-state index in [0.717, 1.165) is 17.7 Å². The second kappa shape index (κ2) is 5.99. The van der Waals surface area contributed by atoms with Gasteiger partial charge in [0.05, 0.1) is 0 Å². The maximum atomic E-state index is 5.36. The van der Waals surface area contributed by atoms with Crippen LogP contribution in [-0.2, 0) is 6.42 Å². The number of aryl methyl sites for hydroxylation is 2. The third-order valence-corrected chi connectivity index (χ3v) is 3.71. The molecule has 84 valence electrons. The number of nitrogens with one attached hydrogen (secondary N) is 1. The van der Waals surface area contributed by atoms with E-state index in [0.29, 0.717) is 5.84 Å². The molecule has 0 amide bonds. The molecule has 0 radical (unpaired) electrons. The highest BCUT2D eigenvalue weighted by Crippen LogP contribution is 2.23. The third kappa shape index (κ3) is 3.12. The van der Waals surface area contributed by atoms with Crippen LogP contribution < -0.4 is 17.1 Å². The summed E-state index contributed by atoms with van der Waals surface area (Å²) in [4.78, 5) is 2.53. The number of thiophene rings is 1. The van der Waals surface area contributed by atoms with Crippen molar-refractivity contribution in [2.45, 2.75) is 13.3 Å². The summed E-state index contributed by atoms with van der Waals surface area (Å²) in [6.45, 7) is 2.07. The normalized spacial score (nSPS) is 11.8. The number of thioether (sulfide) groups is 1. The summed E-state index contributed by atoms with van der Waals surface area (Å²) in [7, 11) is 0. The molecule has 1 aromatic rings. The molecular weight excluding hydrogens is 228 g/mol. The molecule has 0 saturated heterocycles. The minimum atomic E-state index is 0.551. The minimum absolute atomic E-state index is 0.551. The van der Waals surface area contributed by atoms with Gasteiger partial charge in [-0.3, -0.25) is 0 Å². The Hall–Kier alpha value is -0.720. The largest absolute Gasteiger partial charge is 0.321 e. The Morgan fingerprint density at radius 1 is 1.67 bits per heavy atom. The molecule has 6 heteroatoms. The first-order valence-corrected chi connectivity index (χ1v) is 6.77. The van der Waals surface area contributed by atoms with Crippen molar-refractivity contribution in [2.24, 2.45) is 16.8 Å². The molecule has 15 heavy (non-hydrogen) atoms. The lowest BCUT2D eigenvalue weighted by Gasteiger charge is -2.04. The number of rotatable bonds is 4. The monoisotopic (exact) mass is 244 g/mol. The average Bonchev–Trinajstić information content (AvgIpc) is 2.59. The van der Waals surface area contributed by atoms with Gasteiger partial charge in [-0.05, 0) is 31.4 Å². The summed E-state index contributed by atoms with van der Waals surface area (Å²) in [5, 5.41) is 3.64. The van der Waals surface area contributed by atoms with Crippen LogP contribution in [0.25, 0.3) is 0 Å². The molecule has 0 aliphatic carbocycles. The maximum Gasteiger partial charge on any atom is 0.167 e. The summed E-state index contributed by atoms with van der Waals surface area (Å²) in [6.07, 6.45) is 3.12. The first kappa shape index (κ1) is 12.4. The number of nitrogens with zero attached hydrogens (tertiary/aromatic N) is 1. The Morgan fingerprint density at radius 3 is 2.93 bits per heavy atom. The molecule has 1 heterocycles. The summed E-state index contributed by atoms with van der Waals surface area (Å²) >= 11 is 3.59. The molecule has 0 aliphatic rings. The first-order valence-electron chi connectivity index (χ1n) is 4.56. The molecule has 0 unspecified atom stereocenters. The van der Waals surface area contributed by atoms with Gasteiger partial charge in [0.15, 0.2) is 5.84 Å². The number of hydrogen-bond donors (Lipinski definition) is 3. The van der Waals surface area contributed by atoms with Crippen LogP contribution in [-0.4, -0.2) is 17.8 Å². The average molecular weight is 244 g/mol. The Balaban J connectivity index is 2.94. The van der Waals surface area contributed by atoms with Gasteiger partial charge < -0.3 is 11.3 Å². The van der Waals surface area contributed by atoms with Gasteiger partial charge in [-0.2, -0.15) is 16.9 Å². The van der Waals surface area contributed by atoms with Crippen molar-refractivity contribution in [3.63, 3.8) is 0 Å².